The maximum Gasteiger partial charge on any atom is 0.0485 e. The number of hydrogen-bond donors (Lipinski definition) is 1. The molecule has 14 heavy (non-hydrogen) atoms. The topological polar surface area (TPSA) is 21.3 Å². The number of rotatable bonds is 2. The molecule has 0 bridgehead atoms. The average Bonchev–Trinajstić information content (AvgIpc) is 2.19. The van der Waals surface area contributed by atoms with E-state index in [0.29, 0.717) is 6.04 Å². The fourth-order valence-corrected chi connectivity index (χ4v) is 1.81. The monoisotopic (exact) mass is 191 g/mol. The van der Waals surface area contributed by atoms with Crippen molar-refractivity contribution in [2.45, 2.75) is 25.8 Å². The van der Waals surface area contributed by atoms with E-state index in [-0.39, 0.29) is 0 Å². The second-order valence-electron chi connectivity index (χ2n) is 3.90. The number of benzene rings is 1. The molecule has 0 spiro atoms. The van der Waals surface area contributed by atoms with E-state index in [9.17, 15) is 0 Å². The van der Waals surface area contributed by atoms with Crippen molar-refractivity contribution >= 4 is 5.69 Å². The molecule has 0 unspecified atom stereocenters. The first-order valence-corrected chi connectivity index (χ1v) is 5.25. The van der Waals surface area contributed by atoms with Crippen LogP contribution in [0.3, 0.4) is 0 Å². The maximum absolute atomic E-state index is 5.32. The zero-order chi connectivity index (χ0) is 9.80. The highest BCUT2D eigenvalue weighted by Crippen LogP contribution is 2.15. The van der Waals surface area contributed by atoms with E-state index in [1.807, 2.05) is 0 Å². The Labute approximate surface area is 85.3 Å². The minimum absolute atomic E-state index is 0.588. The number of aryl methyl sites for hydroxylation is 1. The first-order chi connectivity index (χ1) is 6.84. The molecule has 1 aliphatic rings. The second kappa shape index (κ2) is 4.47. The van der Waals surface area contributed by atoms with Gasteiger partial charge in [0.1, 0.15) is 0 Å². The lowest BCUT2D eigenvalue weighted by molar-refractivity contribution is 0.0904. The Morgan fingerprint density at radius 1 is 1.29 bits per heavy atom. The lowest BCUT2D eigenvalue weighted by atomic mass is 10.1. The van der Waals surface area contributed by atoms with E-state index in [0.717, 1.165) is 26.1 Å². The maximum atomic E-state index is 5.32. The third-order valence-electron chi connectivity index (χ3n) is 2.61. The SMILES string of the molecule is Cc1cccc(NC2CCOCC2)c1. The highest BCUT2D eigenvalue weighted by molar-refractivity contribution is 5.46. The zero-order valence-electron chi connectivity index (χ0n) is 8.62. The van der Waals surface area contributed by atoms with E-state index < -0.39 is 0 Å². The summed E-state index contributed by atoms with van der Waals surface area (Å²) in [7, 11) is 0. The third kappa shape index (κ3) is 2.48. The zero-order valence-corrected chi connectivity index (χ0v) is 8.62. The molecule has 0 atom stereocenters. The predicted octanol–water partition coefficient (Wildman–Crippen LogP) is 2.59. The van der Waals surface area contributed by atoms with Crippen LogP contribution in [0.1, 0.15) is 18.4 Å². The third-order valence-corrected chi connectivity index (χ3v) is 2.61. The summed E-state index contributed by atoms with van der Waals surface area (Å²) in [6.07, 6.45) is 2.24. The predicted molar refractivity (Wildman–Crippen MR) is 58.6 cm³/mol. The van der Waals surface area contributed by atoms with Crippen LogP contribution >= 0.6 is 0 Å². The smallest absolute Gasteiger partial charge is 0.0485 e. The fraction of sp³-hybridized carbons (Fsp3) is 0.500. The Morgan fingerprint density at radius 2 is 2.07 bits per heavy atom. The molecule has 1 aromatic rings. The van der Waals surface area contributed by atoms with Crippen LogP contribution in [-0.2, 0) is 4.74 Å². The van der Waals surface area contributed by atoms with Crippen molar-refractivity contribution in [2.75, 3.05) is 18.5 Å². The van der Waals surface area contributed by atoms with Crippen molar-refractivity contribution < 1.29 is 4.74 Å². The van der Waals surface area contributed by atoms with Crippen LogP contribution in [0.25, 0.3) is 0 Å². The van der Waals surface area contributed by atoms with Gasteiger partial charge in [0.05, 0.1) is 0 Å². The largest absolute Gasteiger partial charge is 0.382 e. The Kier molecular flexibility index (Phi) is 3.04. The first-order valence-electron chi connectivity index (χ1n) is 5.25. The fourth-order valence-electron chi connectivity index (χ4n) is 1.81. The van der Waals surface area contributed by atoms with E-state index >= 15 is 0 Å². The van der Waals surface area contributed by atoms with Gasteiger partial charge in [-0.25, -0.2) is 0 Å². The molecule has 2 rings (SSSR count). The van der Waals surface area contributed by atoms with Gasteiger partial charge in [-0.1, -0.05) is 12.1 Å². The molecule has 2 heteroatoms. The molecule has 1 N–H and O–H groups in total. The highest BCUT2D eigenvalue weighted by atomic mass is 16.5. The Balaban J connectivity index is 1.95. The highest BCUT2D eigenvalue weighted by Gasteiger charge is 2.12. The molecule has 76 valence electrons. The van der Waals surface area contributed by atoms with Gasteiger partial charge in [0.2, 0.25) is 0 Å². The van der Waals surface area contributed by atoms with E-state index in [1.54, 1.807) is 0 Å². The molecule has 0 aromatic heterocycles. The van der Waals surface area contributed by atoms with Crippen LogP contribution in [0.5, 0.6) is 0 Å². The lowest BCUT2D eigenvalue weighted by Crippen LogP contribution is -2.27. The number of anilines is 1. The minimum Gasteiger partial charge on any atom is -0.382 e. The van der Waals surface area contributed by atoms with Gasteiger partial charge in [0, 0.05) is 24.9 Å². The van der Waals surface area contributed by atoms with Gasteiger partial charge in [-0.05, 0) is 37.5 Å². The van der Waals surface area contributed by atoms with Crippen molar-refractivity contribution in [2.24, 2.45) is 0 Å². The van der Waals surface area contributed by atoms with Gasteiger partial charge in [0.15, 0.2) is 0 Å². The van der Waals surface area contributed by atoms with Crippen LogP contribution in [0.15, 0.2) is 24.3 Å². The molecule has 1 aromatic carbocycles. The standard InChI is InChI=1S/C12H17NO/c1-10-3-2-4-12(9-10)13-11-5-7-14-8-6-11/h2-4,9,11,13H,5-8H2,1H3. The molecule has 2 nitrogen and oxygen atoms in total. The van der Waals surface area contributed by atoms with Crippen LogP contribution < -0.4 is 5.32 Å². The van der Waals surface area contributed by atoms with Crippen LogP contribution in [0.2, 0.25) is 0 Å². The number of ether oxygens (including phenoxy) is 1. The summed E-state index contributed by atoms with van der Waals surface area (Å²) in [5.41, 5.74) is 2.54. The average molecular weight is 191 g/mol. The summed E-state index contributed by atoms with van der Waals surface area (Å²) >= 11 is 0. The normalized spacial score (nSPS) is 18.1. The summed E-state index contributed by atoms with van der Waals surface area (Å²) in [5, 5.41) is 3.54. The lowest BCUT2D eigenvalue weighted by Gasteiger charge is -2.24. The van der Waals surface area contributed by atoms with E-state index in [1.165, 1.54) is 11.3 Å². The summed E-state index contributed by atoms with van der Waals surface area (Å²) in [4.78, 5) is 0. The van der Waals surface area contributed by atoms with E-state index in [4.69, 9.17) is 4.74 Å². The summed E-state index contributed by atoms with van der Waals surface area (Å²) in [6.45, 7) is 3.90. The number of nitrogens with one attached hydrogen (secondary N) is 1. The van der Waals surface area contributed by atoms with Crippen molar-refractivity contribution in [1.82, 2.24) is 0 Å². The van der Waals surface area contributed by atoms with Crippen molar-refractivity contribution in [3.05, 3.63) is 29.8 Å². The molecule has 0 saturated carbocycles. The Hall–Kier alpha value is -1.02. The van der Waals surface area contributed by atoms with Gasteiger partial charge < -0.3 is 10.1 Å². The summed E-state index contributed by atoms with van der Waals surface area (Å²) < 4.78 is 5.32. The Morgan fingerprint density at radius 3 is 2.79 bits per heavy atom. The molecule has 1 aliphatic heterocycles. The van der Waals surface area contributed by atoms with Gasteiger partial charge in [-0.2, -0.15) is 0 Å². The van der Waals surface area contributed by atoms with Crippen molar-refractivity contribution in [3.8, 4) is 0 Å². The molecule has 0 aliphatic carbocycles. The van der Waals surface area contributed by atoms with Crippen LogP contribution in [-0.4, -0.2) is 19.3 Å². The molecule has 1 heterocycles. The molecule has 1 fully saturated rings. The van der Waals surface area contributed by atoms with E-state index in [2.05, 4.69) is 36.5 Å². The van der Waals surface area contributed by atoms with Crippen molar-refractivity contribution in [1.29, 1.82) is 0 Å². The molecular formula is C12H17NO. The van der Waals surface area contributed by atoms with Gasteiger partial charge in [-0.3, -0.25) is 0 Å². The number of hydrogen-bond acceptors (Lipinski definition) is 2. The van der Waals surface area contributed by atoms with Gasteiger partial charge in [-0.15, -0.1) is 0 Å². The van der Waals surface area contributed by atoms with Crippen LogP contribution in [0.4, 0.5) is 5.69 Å². The van der Waals surface area contributed by atoms with Crippen molar-refractivity contribution in [3.63, 3.8) is 0 Å². The quantitative estimate of drug-likeness (QED) is 0.775. The van der Waals surface area contributed by atoms with Gasteiger partial charge >= 0.3 is 0 Å². The molecule has 1 saturated heterocycles. The molecule has 0 radical (unpaired) electrons. The second-order valence-corrected chi connectivity index (χ2v) is 3.90. The summed E-state index contributed by atoms with van der Waals surface area (Å²) in [6, 6.07) is 9.12. The first kappa shape index (κ1) is 9.53. The van der Waals surface area contributed by atoms with Gasteiger partial charge in [0.25, 0.3) is 0 Å². The molecule has 0 amide bonds. The Bertz CT molecular complexity index is 292. The minimum atomic E-state index is 0.588. The molecular weight excluding hydrogens is 174 g/mol. The summed E-state index contributed by atoms with van der Waals surface area (Å²) in [5.74, 6) is 0. The van der Waals surface area contributed by atoms with Crippen LogP contribution in [0, 0.1) is 6.92 Å².